The largest absolute Gasteiger partial charge is 0.388 e. The van der Waals surface area contributed by atoms with Gasteiger partial charge in [0.25, 0.3) is 0 Å². The maximum Gasteiger partial charge on any atom is 0.184 e. The highest BCUT2D eigenvalue weighted by Gasteiger charge is 2.43. The van der Waals surface area contributed by atoms with Gasteiger partial charge in [-0.05, 0) is 18.3 Å². The summed E-state index contributed by atoms with van der Waals surface area (Å²) < 4.78 is 10.7. The van der Waals surface area contributed by atoms with Gasteiger partial charge in [0.2, 0.25) is 0 Å². The minimum atomic E-state index is -0.427. The number of aliphatic hydroxyl groups excluding tert-OH is 1. The molecule has 2 heterocycles. The Morgan fingerprint density at radius 3 is 2.83 bits per heavy atom. The molecule has 0 aromatic heterocycles. The van der Waals surface area contributed by atoms with E-state index in [1.54, 1.807) is 0 Å². The van der Waals surface area contributed by atoms with E-state index in [-0.39, 0.29) is 12.4 Å². The van der Waals surface area contributed by atoms with E-state index in [1.165, 1.54) is 0 Å². The maximum atomic E-state index is 9.78. The third-order valence-corrected chi connectivity index (χ3v) is 2.88. The first-order chi connectivity index (χ1) is 5.68. The summed E-state index contributed by atoms with van der Waals surface area (Å²) in [6.07, 6.45) is 0.390. The summed E-state index contributed by atoms with van der Waals surface area (Å²) in [5, 5.41) is 9.78. The second-order valence-electron chi connectivity index (χ2n) is 4.09. The molecule has 0 amide bonds. The fraction of sp³-hybridized carbons (Fsp3) is 1.00. The first-order valence-corrected chi connectivity index (χ1v) is 4.63. The number of hydrogen-bond acceptors (Lipinski definition) is 3. The van der Waals surface area contributed by atoms with Crippen molar-refractivity contribution in [3.63, 3.8) is 0 Å². The number of aliphatic hydroxyl groups is 1. The van der Waals surface area contributed by atoms with Gasteiger partial charge in [-0.2, -0.15) is 0 Å². The van der Waals surface area contributed by atoms with E-state index in [0.717, 1.165) is 6.42 Å². The first kappa shape index (κ1) is 8.48. The quantitative estimate of drug-likeness (QED) is 0.634. The molecular formula is C9H16O3. The van der Waals surface area contributed by atoms with E-state index in [0.29, 0.717) is 18.4 Å². The molecular weight excluding hydrogens is 156 g/mol. The van der Waals surface area contributed by atoms with Gasteiger partial charge >= 0.3 is 0 Å². The van der Waals surface area contributed by atoms with Crippen LogP contribution in [0, 0.1) is 11.8 Å². The molecule has 2 fully saturated rings. The van der Waals surface area contributed by atoms with E-state index in [1.807, 2.05) is 0 Å². The highest BCUT2D eigenvalue weighted by atomic mass is 16.7. The van der Waals surface area contributed by atoms with Crippen molar-refractivity contribution < 1.29 is 14.6 Å². The van der Waals surface area contributed by atoms with E-state index in [2.05, 4.69) is 13.8 Å². The lowest BCUT2D eigenvalue weighted by molar-refractivity contribution is -0.181. The summed E-state index contributed by atoms with van der Waals surface area (Å²) in [5.74, 6) is 0.854. The Balaban J connectivity index is 2.07. The molecule has 4 atom stereocenters. The molecule has 0 aromatic carbocycles. The zero-order valence-corrected chi connectivity index (χ0v) is 7.56. The number of fused-ring (bicyclic) bond motifs is 2. The Hall–Kier alpha value is -0.120. The molecule has 0 unspecified atom stereocenters. The van der Waals surface area contributed by atoms with Crippen LogP contribution >= 0.6 is 0 Å². The summed E-state index contributed by atoms with van der Waals surface area (Å²) in [5.41, 5.74) is 0. The molecule has 2 aliphatic rings. The Labute approximate surface area is 72.7 Å². The third kappa shape index (κ3) is 1.26. The van der Waals surface area contributed by atoms with Gasteiger partial charge in [0.15, 0.2) is 6.29 Å². The molecule has 2 aliphatic heterocycles. The predicted octanol–water partition coefficient (Wildman–Crippen LogP) is 0.765. The van der Waals surface area contributed by atoms with E-state index in [4.69, 9.17) is 9.47 Å². The van der Waals surface area contributed by atoms with Crippen LogP contribution in [-0.4, -0.2) is 30.2 Å². The van der Waals surface area contributed by atoms with E-state index in [9.17, 15) is 5.11 Å². The Kier molecular flexibility index (Phi) is 2.10. The van der Waals surface area contributed by atoms with Crippen LogP contribution in [0.1, 0.15) is 20.3 Å². The molecule has 1 N–H and O–H groups in total. The molecule has 0 saturated carbocycles. The van der Waals surface area contributed by atoms with Crippen molar-refractivity contribution >= 4 is 0 Å². The van der Waals surface area contributed by atoms with Gasteiger partial charge in [0.1, 0.15) is 6.10 Å². The molecule has 3 nitrogen and oxygen atoms in total. The monoisotopic (exact) mass is 172 g/mol. The summed E-state index contributed by atoms with van der Waals surface area (Å²) >= 11 is 0. The van der Waals surface area contributed by atoms with E-state index < -0.39 is 6.10 Å². The molecule has 0 spiro atoms. The summed E-state index contributed by atoms with van der Waals surface area (Å²) in [7, 11) is 0. The van der Waals surface area contributed by atoms with E-state index >= 15 is 0 Å². The molecule has 0 aromatic rings. The highest BCUT2D eigenvalue weighted by molar-refractivity contribution is 4.86. The number of hydrogen-bond donors (Lipinski definition) is 1. The second-order valence-corrected chi connectivity index (χ2v) is 4.09. The average Bonchev–Trinajstić information content (AvgIpc) is 2.41. The molecule has 2 bridgehead atoms. The third-order valence-electron chi connectivity index (χ3n) is 2.88. The van der Waals surface area contributed by atoms with Crippen LogP contribution in [0.4, 0.5) is 0 Å². The van der Waals surface area contributed by atoms with Crippen molar-refractivity contribution in [3.8, 4) is 0 Å². The summed E-state index contributed by atoms with van der Waals surface area (Å²) in [6.45, 7) is 4.93. The van der Waals surface area contributed by atoms with Crippen LogP contribution in [-0.2, 0) is 9.47 Å². The van der Waals surface area contributed by atoms with Gasteiger partial charge in [0.05, 0.1) is 12.7 Å². The van der Waals surface area contributed by atoms with Gasteiger partial charge in [-0.3, -0.25) is 0 Å². The normalized spacial score (nSPS) is 47.0. The van der Waals surface area contributed by atoms with Gasteiger partial charge in [-0.15, -0.1) is 0 Å². The molecule has 2 saturated heterocycles. The van der Waals surface area contributed by atoms with Crippen molar-refractivity contribution in [1.82, 2.24) is 0 Å². The first-order valence-electron chi connectivity index (χ1n) is 4.63. The van der Waals surface area contributed by atoms with Gasteiger partial charge in [0, 0.05) is 0 Å². The molecule has 12 heavy (non-hydrogen) atoms. The van der Waals surface area contributed by atoms with Crippen molar-refractivity contribution in [2.75, 3.05) is 6.61 Å². The van der Waals surface area contributed by atoms with Crippen LogP contribution < -0.4 is 0 Å². The van der Waals surface area contributed by atoms with Crippen molar-refractivity contribution in [3.05, 3.63) is 0 Å². The lowest BCUT2D eigenvalue weighted by atomic mass is 9.84. The zero-order chi connectivity index (χ0) is 8.72. The number of rotatable bonds is 1. The minimum Gasteiger partial charge on any atom is -0.388 e. The lowest BCUT2D eigenvalue weighted by Crippen LogP contribution is -2.42. The Morgan fingerprint density at radius 1 is 1.42 bits per heavy atom. The zero-order valence-electron chi connectivity index (χ0n) is 7.56. The van der Waals surface area contributed by atoms with Crippen molar-refractivity contribution in [1.29, 1.82) is 0 Å². The SMILES string of the molecule is CC(C)[C@@H]1C[C@@H]2CO[C@@H](O2)[C@H]1O. The smallest absolute Gasteiger partial charge is 0.184 e. The van der Waals surface area contributed by atoms with Crippen LogP contribution in [0.25, 0.3) is 0 Å². The van der Waals surface area contributed by atoms with Gasteiger partial charge < -0.3 is 14.6 Å². The van der Waals surface area contributed by atoms with Crippen LogP contribution in [0.3, 0.4) is 0 Å². The molecule has 70 valence electrons. The highest BCUT2D eigenvalue weighted by Crippen LogP contribution is 2.35. The Morgan fingerprint density at radius 2 is 2.17 bits per heavy atom. The van der Waals surface area contributed by atoms with Crippen LogP contribution in [0.15, 0.2) is 0 Å². The van der Waals surface area contributed by atoms with Gasteiger partial charge in [-0.25, -0.2) is 0 Å². The van der Waals surface area contributed by atoms with Gasteiger partial charge in [-0.1, -0.05) is 13.8 Å². The van der Waals surface area contributed by atoms with Crippen LogP contribution in [0.2, 0.25) is 0 Å². The topological polar surface area (TPSA) is 38.7 Å². The molecule has 0 radical (unpaired) electrons. The fourth-order valence-corrected chi connectivity index (χ4v) is 2.08. The summed E-state index contributed by atoms with van der Waals surface area (Å²) in [4.78, 5) is 0. The Bertz CT molecular complexity index is 169. The molecule has 0 aliphatic carbocycles. The standard InChI is InChI=1S/C9H16O3/c1-5(2)7-3-6-4-11-9(12-6)8(7)10/h5-10H,3-4H2,1-2H3/t6-,7+,8+,9+/m1/s1. The fourth-order valence-electron chi connectivity index (χ4n) is 2.08. The minimum absolute atomic E-state index is 0.228. The predicted molar refractivity (Wildman–Crippen MR) is 43.6 cm³/mol. The molecule has 2 rings (SSSR count). The number of ether oxygens (including phenoxy) is 2. The van der Waals surface area contributed by atoms with Crippen LogP contribution in [0.5, 0.6) is 0 Å². The van der Waals surface area contributed by atoms with Crippen molar-refractivity contribution in [2.24, 2.45) is 11.8 Å². The van der Waals surface area contributed by atoms with Crippen molar-refractivity contribution in [2.45, 2.75) is 38.8 Å². The second kappa shape index (κ2) is 2.98. The summed E-state index contributed by atoms with van der Waals surface area (Å²) in [6, 6.07) is 0. The molecule has 3 heteroatoms. The average molecular weight is 172 g/mol. The maximum absolute atomic E-state index is 9.78. The lowest BCUT2D eigenvalue weighted by Gasteiger charge is -2.34.